The second kappa shape index (κ2) is 13.2. The van der Waals surface area contributed by atoms with Crippen LogP contribution in [0.2, 0.25) is 0 Å². The maximum atomic E-state index is 13.6. The summed E-state index contributed by atoms with van der Waals surface area (Å²) in [5, 5.41) is 10.5. The van der Waals surface area contributed by atoms with Gasteiger partial charge in [0.05, 0.1) is 26.4 Å². The van der Waals surface area contributed by atoms with E-state index in [1.165, 1.54) is 18.2 Å². The lowest BCUT2D eigenvalue weighted by Crippen LogP contribution is -2.51. The number of hydrogen-bond acceptors (Lipinski definition) is 7. The van der Waals surface area contributed by atoms with E-state index in [-0.39, 0.29) is 24.2 Å². The standard InChI is InChI=1S/C25H33FN2O6/c1-31-12-11-28(25(30)19-4-3-5-20(26)14-19)17-24-16-27(10-13-33-24)15-21(29)18-34-23-8-6-22(32-2)7-9-23/h3-9,14,21,24,29H,10-13,15-18H2,1-2H3. The molecular weight excluding hydrogens is 443 g/mol. The van der Waals surface area contributed by atoms with Crippen molar-refractivity contribution in [2.24, 2.45) is 0 Å². The van der Waals surface area contributed by atoms with E-state index >= 15 is 0 Å². The molecule has 1 heterocycles. The fourth-order valence-electron chi connectivity index (χ4n) is 3.80. The van der Waals surface area contributed by atoms with Crippen LogP contribution >= 0.6 is 0 Å². The normalized spacial score (nSPS) is 17.2. The minimum absolute atomic E-state index is 0.159. The molecule has 1 aliphatic heterocycles. The molecule has 2 atom stereocenters. The molecular formula is C25H33FN2O6. The Balaban J connectivity index is 1.51. The first-order valence-corrected chi connectivity index (χ1v) is 11.3. The van der Waals surface area contributed by atoms with Gasteiger partial charge in [-0.05, 0) is 42.5 Å². The van der Waals surface area contributed by atoms with Gasteiger partial charge in [-0.3, -0.25) is 9.69 Å². The molecule has 2 aromatic rings. The van der Waals surface area contributed by atoms with Crippen LogP contribution in [0.15, 0.2) is 48.5 Å². The zero-order valence-electron chi connectivity index (χ0n) is 19.7. The van der Waals surface area contributed by atoms with Gasteiger partial charge < -0.3 is 29.0 Å². The number of carbonyl (C=O) groups excluding carboxylic acids is 1. The van der Waals surface area contributed by atoms with Gasteiger partial charge in [0.2, 0.25) is 0 Å². The molecule has 0 aromatic heterocycles. The lowest BCUT2D eigenvalue weighted by atomic mass is 10.1. The van der Waals surface area contributed by atoms with Crippen molar-refractivity contribution >= 4 is 5.91 Å². The molecule has 1 amide bonds. The average molecular weight is 477 g/mol. The molecule has 1 N–H and O–H groups in total. The fraction of sp³-hybridized carbons (Fsp3) is 0.480. The van der Waals surface area contributed by atoms with Crippen LogP contribution in [0.25, 0.3) is 0 Å². The molecule has 2 unspecified atom stereocenters. The van der Waals surface area contributed by atoms with Crippen LogP contribution in [0.1, 0.15) is 10.4 Å². The van der Waals surface area contributed by atoms with Crippen molar-refractivity contribution in [1.29, 1.82) is 0 Å². The third-order valence-corrected chi connectivity index (χ3v) is 5.54. The van der Waals surface area contributed by atoms with E-state index in [1.54, 1.807) is 49.5 Å². The van der Waals surface area contributed by atoms with Crippen molar-refractivity contribution in [3.05, 3.63) is 59.9 Å². The molecule has 1 saturated heterocycles. The second-order valence-electron chi connectivity index (χ2n) is 8.15. The Bertz CT molecular complexity index is 897. The Kier molecular flexibility index (Phi) is 10.1. The van der Waals surface area contributed by atoms with Crippen LogP contribution in [-0.4, -0.2) is 99.8 Å². The number of rotatable bonds is 12. The van der Waals surface area contributed by atoms with Gasteiger partial charge in [0.15, 0.2) is 0 Å². The number of morpholine rings is 1. The molecule has 8 nitrogen and oxygen atoms in total. The summed E-state index contributed by atoms with van der Waals surface area (Å²) in [5.74, 6) is 0.667. The average Bonchev–Trinajstić information content (AvgIpc) is 2.85. The van der Waals surface area contributed by atoms with E-state index < -0.39 is 11.9 Å². The summed E-state index contributed by atoms with van der Waals surface area (Å²) in [6, 6.07) is 12.8. The van der Waals surface area contributed by atoms with Gasteiger partial charge in [-0.2, -0.15) is 0 Å². The number of halogens is 1. The molecule has 186 valence electrons. The van der Waals surface area contributed by atoms with Crippen molar-refractivity contribution in [3.8, 4) is 11.5 Å². The first-order valence-electron chi connectivity index (χ1n) is 11.3. The highest BCUT2D eigenvalue weighted by Crippen LogP contribution is 2.17. The number of carbonyl (C=O) groups is 1. The summed E-state index contributed by atoms with van der Waals surface area (Å²) in [7, 11) is 3.17. The quantitative estimate of drug-likeness (QED) is 0.502. The van der Waals surface area contributed by atoms with Crippen molar-refractivity contribution in [2.45, 2.75) is 12.2 Å². The van der Waals surface area contributed by atoms with Crippen LogP contribution in [0.4, 0.5) is 4.39 Å². The summed E-state index contributed by atoms with van der Waals surface area (Å²) in [5.41, 5.74) is 0.287. The summed E-state index contributed by atoms with van der Waals surface area (Å²) >= 11 is 0. The van der Waals surface area contributed by atoms with Gasteiger partial charge in [0, 0.05) is 45.4 Å². The van der Waals surface area contributed by atoms with Gasteiger partial charge in [-0.1, -0.05) is 6.07 Å². The number of aliphatic hydroxyl groups is 1. The maximum Gasteiger partial charge on any atom is 0.254 e. The van der Waals surface area contributed by atoms with E-state index in [0.717, 1.165) is 5.75 Å². The molecule has 0 bridgehead atoms. The number of benzene rings is 2. The number of hydrogen-bond donors (Lipinski definition) is 1. The van der Waals surface area contributed by atoms with Crippen molar-refractivity contribution in [3.63, 3.8) is 0 Å². The number of aliphatic hydroxyl groups excluding tert-OH is 1. The minimum Gasteiger partial charge on any atom is -0.497 e. The van der Waals surface area contributed by atoms with Gasteiger partial charge in [0.1, 0.15) is 30.0 Å². The van der Waals surface area contributed by atoms with Gasteiger partial charge >= 0.3 is 0 Å². The van der Waals surface area contributed by atoms with Crippen LogP contribution in [0.5, 0.6) is 11.5 Å². The van der Waals surface area contributed by atoms with Crippen molar-refractivity contribution < 1.29 is 33.2 Å². The second-order valence-corrected chi connectivity index (χ2v) is 8.15. The van der Waals surface area contributed by atoms with Crippen LogP contribution in [0.3, 0.4) is 0 Å². The highest BCUT2D eigenvalue weighted by atomic mass is 19.1. The lowest BCUT2D eigenvalue weighted by molar-refractivity contribution is -0.0546. The van der Waals surface area contributed by atoms with Gasteiger partial charge in [-0.15, -0.1) is 0 Å². The Hall–Kier alpha value is -2.72. The van der Waals surface area contributed by atoms with Crippen LogP contribution in [-0.2, 0) is 9.47 Å². The molecule has 2 aromatic carbocycles. The number of β-amino-alcohol motifs (C(OH)–C–C–N with tert-alkyl or cyclic N) is 1. The Morgan fingerprint density at radius 3 is 2.71 bits per heavy atom. The summed E-state index contributed by atoms with van der Waals surface area (Å²) < 4.78 is 35.4. The first-order chi connectivity index (χ1) is 16.5. The SMILES string of the molecule is COCCN(CC1CN(CC(O)COc2ccc(OC)cc2)CCO1)C(=O)c1cccc(F)c1. The van der Waals surface area contributed by atoms with Gasteiger partial charge in [0.25, 0.3) is 5.91 Å². The van der Waals surface area contributed by atoms with E-state index in [9.17, 15) is 14.3 Å². The fourth-order valence-corrected chi connectivity index (χ4v) is 3.80. The highest BCUT2D eigenvalue weighted by Gasteiger charge is 2.27. The predicted octanol–water partition coefficient (Wildman–Crippen LogP) is 2.06. The lowest BCUT2D eigenvalue weighted by Gasteiger charge is -2.36. The van der Waals surface area contributed by atoms with Crippen LogP contribution in [0, 0.1) is 5.82 Å². The topological polar surface area (TPSA) is 80.7 Å². The van der Waals surface area contributed by atoms with Crippen LogP contribution < -0.4 is 9.47 Å². The Morgan fingerprint density at radius 2 is 2.00 bits per heavy atom. The summed E-state index contributed by atoms with van der Waals surface area (Å²) in [6.07, 6.45) is -0.919. The van der Waals surface area contributed by atoms with Gasteiger partial charge in [-0.25, -0.2) is 4.39 Å². The van der Waals surface area contributed by atoms with Crippen molar-refractivity contribution in [1.82, 2.24) is 9.80 Å². The van der Waals surface area contributed by atoms with E-state index in [0.29, 0.717) is 51.7 Å². The van der Waals surface area contributed by atoms with E-state index in [2.05, 4.69) is 4.90 Å². The molecule has 1 aliphatic rings. The van der Waals surface area contributed by atoms with E-state index in [4.69, 9.17) is 18.9 Å². The highest BCUT2D eigenvalue weighted by molar-refractivity contribution is 5.94. The number of amides is 1. The van der Waals surface area contributed by atoms with E-state index in [1.807, 2.05) is 0 Å². The summed E-state index contributed by atoms with van der Waals surface area (Å²) in [6.45, 7) is 3.36. The predicted molar refractivity (Wildman–Crippen MR) is 125 cm³/mol. The number of ether oxygens (including phenoxy) is 4. The largest absolute Gasteiger partial charge is 0.497 e. The molecule has 0 radical (unpaired) electrons. The smallest absolute Gasteiger partial charge is 0.254 e. The first kappa shape index (κ1) is 25.9. The molecule has 9 heteroatoms. The van der Waals surface area contributed by atoms with Crippen molar-refractivity contribution in [2.75, 3.05) is 66.8 Å². The molecule has 0 saturated carbocycles. The monoisotopic (exact) mass is 476 g/mol. The maximum absolute atomic E-state index is 13.6. The third kappa shape index (κ3) is 7.95. The molecule has 3 rings (SSSR count). The molecule has 0 aliphatic carbocycles. The Morgan fingerprint density at radius 1 is 1.24 bits per heavy atom. The molecule has 1 fully saturated rings. The summed E-state index contributed by atoms with van der Waals surface area (Å²) in [4.78, 5) is 16.7. The number of methoxy groups -OCH3 is 2. The zero-order valence-corrected chi connectivity index (χ0v) is 19.7. The third-order valence-electron chi connectivity index (χ3n) is 5.54. The Labute approximate surface area is 199 Å². The zero-order chi connectivity index (χ0) is 24.3. The number of nitrogens with zero attached hydrogens (tertiary/aromatic N) is 2. The molecule has 34 heavy (non-hydrogen) atoms. The molecule has 0 spiro atoms. The minimum atomic E-state index is -0.681.